The number of ketones is 1. The predicted octanol–water partition coefficient (Wildman–Crippen LogP) is 3.49. The van der Waals surface area contributed by atoms with Gasteiger partial charge in [0.1, 0.15) is 5.78 Å². The maximum absolute atomic E-state index is 11.9. The van der Waals surface area contributed by atoms with Crippen molar-refractivity contribution in [3.63, 3.8) is 0 Å². The van der Waals surface area contributed by atoms with Crippen molar-refractivity contribution in [1.82, 2.24) is 0 Å². The number of halogens is 1. The van der Waals surface area contributed by atoms with Crippen molar-refractivity contribution in [1.29, 1.82) is 0 Å². The fourth-order valence-electron chi connectivity index (χ4n) is 3.42. The fourth-order valence-corrected chi connectivity index (χ4v) is 4.72. The average molecular weight is 416 g/mol. The van der Waals surface area contributed by atoms with Crippen LogP contribution in [0.4, 0.5) is 0 Å². The SMILES string of the molecule is CC(C)(C)I.CC1(C)C2CCC1(CS(=O)(=O)O)C(=O)C2. The lowest BCUT2D eigenvalue weighted by atomic mass is 9.70. The molecule has 2 aliphatic rings. The highest BCUT2D eigenvalue weighted by Gasteiger charge is 2.65. The molecule has 0 amide bonds. The van der Waals surface area contributed by atoms with E-state index in [1.807, 2.05) is 13.8 Å². The Morgan fingerprint density at radius 1 is 1.35 bits per heavy atom. The number of Topliss-reactive ketones (excluding diaryl/α,β-unsaturated/α-hetero) is 1. The van der Waals surface area contributed by atoms with Gasteiger partial charge in [-0.15, -0.1) is 0 Å². The van der Waals surface area contributed by atoms with E-state index in [0.717, 1.165) is 6.42 Å². The van der Waals surface area contributed by atoms with Crippen molar-refractivity contribution in [3.8, 4) is 0 Å². The lowest BCUT2D eigenvalue weighted by molar-refractivity contribution is -0.128. The molecule has 4 nitrogen and oxygen atoms in total. The second-order valence-electron chi connectivity index (χ2n) is 7.46. The van der Waals surface area contributed by atoms with Crippen molar-refractivity contribution in [2.75, 3.05) is 5.75 Å². The zero-order valence-electron chi connectivity index (χ0n) is 12.9. The molecule has 2 fully saturated rings. The molecule has 2 unspecified atom stereocenters. The van der Waals surface area contributed by atoms with Crippen LogP contribution in [0.2, 0.25) is 0 Å². The van der Waals surface area contributed by atoms with Crippen LogP contribution in [0, 0.1) is 16.7 Å². The lowest BCUT2D eigenvalue weighted by Crippen LogP contribution is -2.42. The van der Waals surface area contributed by atoms with Crippen LogP contribution < -0.4 is 0 Å². The van der Waals surface area contributed by atoms with Crippen LogP contribution in [-0.2, 0) is 14.9 Å². The molecule has 0 saturated heterocycles. The van der Waals surface area contributed by atoms with Crippen LogP contribution in [-0.4, -0.2) is 27.9 Å². The topological polar surface area (TPSA) is 71.4 Å². The Bertz CT molecular complexity index is 484. The average Bonchev–Trinajstić information content (AvgIpc) is 2.45. The van der Waals surface area contributed by atoms with Crippen LogP contribution >= 0.6 is 22.6 Å². The number of rotatable bonds is 2. The van der Waals surface area contributed by atoms with Gasteiger partial charge in [0.25, 0.3) is 10.1 Å². The van der Waals surface area contributed by atoms with Gasteiger partial charge in [-0.25, -0.2) is 0 Å². The van der Waals surface area contributed by atoms with E-state index in [9.17, 15) is 13.2 Å². The summed E-state index contributed by atoms with van der Waals surface area (Å²) in [5.74, 6) is -0.101. The van der Waals surface area contributed by atoms with Gasteiger partial charge < -0.3 is 0 Å². The Morgan fingerprint density at radius 3 is 2.05 bits per heavy atom. The van der Waals surface area contributed by atoms with Gasteiger partial charge in [-0.2, -0.15) is 8.42 Å². The standard InChI is InChI=1S/C10H16O4S.C4H9I/c1-9(2)7-3-4-10(9,8(11)5-7)6-15(12,13)14;1-4(2,3)5/h7H,3-6H2,1-2H3,(H,12,13,14);1-3H3. The molecule has 2 atom stereocenters. The summed E-state index contributed by atoms with van der Waals surface area (Å²) in [6.45, 7) is 10.4. The van der Waals surface area contributed by atoms with Gasteiger partial charge in [0.2, 0.25) is 0 Å². The zero-order chi connectivity index (χ0) is 16.0. The Kier molecular flexibility index (Phi) is 5.05. The fraction of sp³-hybridized carbons (Fsp3) is 0.929. The molecule has 0 aliphatic heterocycles. The second-order valence-corrected chi connectivity index (χ2v) is 12.1. The first kappa shape index (κ1) is 18.4. The van der Waals surface area contributed by atoms with E-state index >= 15 is 0 Å². The molecule has 1 N–H and O–H groups in total. The minimum absolute atomic E-state index is 0.0152. The first-order chi connectivity index (χ1) is 8.69. The van der Waals surface area contributed by atoms with E-state index in [-0.39, 0.29) is 17.1 Å². The van der Waals surface area contributed by atoms with Crippen molar-refractivity contribution < 1.29 is 17.8 Å². The van der Waals surface area contributed by atoms with Gasteiger partial charge in [-0.3, -0.25) is 9.35 Å². The number of carbonyl (C=O) groups excluding carboxylic acids is 1. The van der Waals surface area contributed by atoms with E-state index in [1.54, 1.807) is 0 Å². The van der Waals surface area contributed by atoms with Crippen LogP contribution in [0.5, 0.6) is 0 Å². The van der Waals surface area contributed by atoms with Crippen molar-refractivity contribution in [2.24, 2.45) is 16.7 Å². The highest BCUT2D eigenvalue weighted by molar-refractivity contribution is 14.1. The third-order valence-corrected chi connectivity index (χ3v) is 5.43. The molecule has 0 radical (unpaired) electrons. The smallest absolute Gasteiger partial charge is 0.265 e. The highest BCUT2D eigenvalue weighted by Crippen LogP contribution is 2.64. The third kappa shape index (κ3) is 3.94. The van der Waals surface area contributed by atoms with Gasteiger partial charge in [0.15, 0.2) is 0 Å². The quantitative estimate of drug-likeness (QED) is 0.425. The number of fused-ring (bicyclic) bond motifs is 2. The molecule has 0 aromatic carbocycles. The van der Waals surface area contributed by atoms with Crippen molar-refractivity contribution >= 4 is 38.5 Å². The Morgan fingerprint density at radius 2 is 1.80 bits per heavy atom. The Balaban J connectivity index is 0.000000347. The summed E-state index contributed by atoms with van der Waals surface area (Å²) < 4.78 is 31.4. The molecule has 6 heteroatoms. The molecule has 0 aromatic rings. The van der Waals surface area contributed by atoms with E-state index < -0.39 is 21.3 Å². The van der Waals surface area contributed by atoms with Gasteiger partial charge in [0, 0.05) is 9.84 Å². The zero-order valence-corrected chi connectivity index (χ0v) is 15.8. The molecule has 2 rings (SSSR count). The maximum Gasteiger partial charge on any atom is 0.265 e. The van der Waals surface area contributed by atoms with Crippen molar-refractivity contribution in [2.45, 2.75) is 57.3 Å². The van der Waals surface area contributed by atoms with E-state index in [0.29, 0.717) is 16.3 Å². The summed E-state index contributed by atoms with van der Waals surface area (Å²) in [5, 5.41) is 0. The first-order valence-electron chi connectivity index (χ1n) is 6.86. The van der Waals surface area contributed by atoms with Crippen LogP contribution in [0.1, 0.15) is 53.9 Å². The number of alkyl halides is 1. The molecular weight excluding hydrogens is 391 g/mol. The molecule has 118 valence electrons. The molecule has 2 aliphatic carbocycles. The third-order valence-electron chi connectivity index (χ3n) is 4.57. The largest absolute Gasteiger partial charge is 0.299 e. The minimum Gasteiger partial charge on any atom is -0.299 e. The minimum atomic E-state index is -4.08. The molecule has 0 aromatic heterocycles. The second kappa shape index (κ2) is 5.50. The van der Waals surface area contributed by atoms with Gasteiger partial charge in [0.05, 0.1) is 11.2 Å². The molecule has 2 saturated carbocycles. The van der Waals surface area contributed by atoms with Gasteiger partial charge in [-0.05, 0) is 24.2 Å². The normalized spacial score (nSPS) is 31.9. The highest BCUT2D eigenvalue weighted by atomic mass is 127. The summed E-state index contributed by atoms with van der Waals surface area (Å²) >= 11 is 2.38. The molecule has 2 bridgehead atoms. The predicted molar refractivity (Wildman–Crippen MR) is 88.8 cm³/mol. The van der Waals surface area contributed by atoms with Crippen LogP contribution in [0.25, 0.3) is 0 Å². The number of hydrogen-bond acceptors (Lipinski definition) is 3. The number of carbonyl (C=O) groups is 1. The summed E-state index contributed by atoms with van der Waals surface area (Å²) in [7, 11) is -4.08. The lowest BCUT2D eigenvalue weighted by Gasteiger charge is -2.35. The first-order valence-corrected chi connectivity index (χ1v) is 9.55. The summed E-state index contributed by atoms with van der Waals surface area (Å²) in [6.07, 6.45) is 1.97. The summed E-state index contributed by atoms with van der Waals surface area (Å²) in [5.41, 5.74) is -1.12. The molecule has 0 spiro atoms. The Hall–Kier alpha value is 0.310. The van der Waals surface area contributed by atoms with E-state index in [4.69, 9.17) is 4.55 Å². The molecular formula is C14H25IO4S. The van der Waals surface area contributed by atoms with E-state index in [1.165, 1.54) is 0 Å². The monoisotopic (exact) mass is 416 g/mol. The number of hydrogen-bond donors (Lipinski definition) is 1. The maximum atomic E-state index is 11.9. The molecule has 0 heterocycles. The van der Waals surface area contributed by atoms with Gasteiger partial charge in [-0.1, -0.05) is 57.2 Å². The van der Waals surface area contributed by atoms with Crippen LogP contribution in [0.15, 0.2) is 0 Å². The van der Waals surface area contributed by atoms with Gasteiger partial charge >= 0.3 is 0 Å². The molecule has 20 heavy (non-hydrogen) atoms. The van der Waals surface area contributed by atoms with Crippen LogP contribution in [0.3, 0.4) is 0 Å². The summed E-state index contributed by atoms with van der Waals surface area (Å²) in [4.78, 5) is 11.9. The Labute approximate surface area is 136 Å². The van der Waals surface area contributed by atoms with Crippen molar-refractivity contribution in [3.05, 3.63) is 0 Å². The van der Waals surface area contributed by atoms with E-state index in [2.05, 4.69) is 43.4 Å². The summed E-state index contributed by atoms with van der Waals surface area (Å²) in [6, 6.07) is 0.